The molecule has 31 heavy (non-hydrogen) atoms. The number of thiazole rings is 1. The summed E-state index contributed by atoms with van der Waals surface area (Å²) < 4.78 is 5.99. The second-order valence-corrected chi connectivity index (χ2v) is 9.44. The molecule has 6 heteroatoms. The van der Waals surface area contributed by atoms with Crippen molar-refractivity contribution in [3.63, 3.8) is 0 Å². The van der Waals surface area contributed by atoms with Crippen molar-refractivity contribution in [2.75, 3.05) is 26.2 Å². The number of fused-ring (bicyclic) bond motifs is 1. The van der Waals surface area contributed by atoms with Crippen LogP contribution < -0.4 is 4.74 Å². The quantitative estimate of drug-likeness (QED) is 0.597. The molecule has 5 rings (SSSR count). The van der Waals surface area contributed by atoms with Gasteiger partial charge >= 0.3 is 0 Å². The molecule has 0 bridgehead atoms. The van der Waals surface area contributed by atoms with Gasteiger partial charge in [-0.3, -0.25) is 9.69 Å². The third-order valence-electron chi connectivity index (χ3n) is 6.71. The van der Waals surface area contributed by atoms with Gasteiger partial charge in [-0.1, -0.05) is 53.8 Å². The van der Waals surface area contributed by atoms with Gasteiger partial charge in [0.25, 0.3) is 5.19 Å². The summed E-state index contributed by atoms with van der Waals surface area (Å²) in [6, 6.07) is 15.2. The van der Waals surface area contributed by atoms with E-state index in [4.69, 9.17) is 4.74 Å². The van der Waals surface area contributed by atoms with E-state index in [-0.39, 0.29) is 12.0 Å². The molecule has 162 valence electrons. The first-order valence-corrected chi connectivity index (χ1v) is 12.2. The average molecular weight is 436 g/mol. The van der Waals surface area contributed by atoms with Gasteiger partial charge < -0.3 is 9.64 Å². The number of nitrogens with zero attached hydrogens (tertiary/aromatic N) is 3. The monoisotopic (exact) mass is 435 g/mol. The van der Waals surface area contributed by atoms with Crippen LogP contribution in [0.15, 0.2) is 54.0 Å². The lowest BCUT2D eigenvalue weighted by molar-refractivity contribution is -0.132. The number of carbonyl (C=O) groups excluding carboxylic acids is 1. The number of benzene rings is 2. The van der Waals surface area contributed by atoms with Crippen LogP contribution in [0.3, 0.4) is 0 Å². The van der Waals surface area contributed by atoms with E-state index < -0.39 is 0 Å². The zero-order valence-corrected chi connectivity index (χ0v) is 18.6. The highest BCUT2D eigenvalue weighted by Crippen LogP contribution is 2.25. The van der Waals surface area contributed by atoms with E-state index in [2.05, 4.69) is 45.1 Å². The van der Waals surface area contributed by atoms with Gasteiger partial charge in [-0.05, 0) is 42.0 Å². The molecule has 5 nitrogen and oxygen atoms in total. The van der Waals surface area contributed by atoms with Crippen LogP contribution >= 0.6 is 11.3 Å². The lowest BCUT2D eigenvalue weighted by atomic mass is 9.97. The highest BCUT2D eigenvalue weighted by molar-refractivity contribution is 7.11. The van der Waals surface area contributed by atoms with Crippen molar-refractivity contribution in [2.24, 2.45) is 0 Å². The smallest absolute Gasteiger partial charge is 0.273 e. The molecular weight excluding hydrogens is 406 g/mol. The Kier molecular flexibility index (Phi) is 6.18. The maximum absolute atomic E-state index is 13.0. The lowest BCUT2D eigenvalue weighted by Crippen LogP contribution is -2.50. The summed E-state index contributed by atoms with van der Waals surface area (Å²) >= 11 is 1.56. The van der Waals surface area contributed by atoms with Crippen molar-refractivity contribution in [1.29, 1.82) is 0 Å². The number of ether oxygens (including phenoxy) is 1. The molecule has 0 N–H and O–H groups in total. The lowest BCUT2D eigenvalue weighted by Gasteiger charge is -2.41. The molecule has 3 aromatic rings. The Hall–Kier alpha value is -2.44. The molecule has 2 aliphatic rings. The summed E-state index contributed by atoms with van der Waals surface area (Å²) in [6.45, 7) is 3.88. The molecule has 1 aromatic heterocycles. The minimum atomic E-state index is 0.255. The maximum atomic E-state index is 13.0. The molecule has 2 aromatic carbocycles. The first-order chi connectivity index (χ1) is 15.3. The Morgan fingerprint density at radius 2 is 1.77 bits per heavy atom. The van der Waals surface area contributed by atoms with E-state index >= 15 is 0 Å². The van der Waals surface area contributed by atoms with Gasteiger partial charge in [-0.25, -0.2) is 4.98 Å². The molecule has 2 aliphatic heterocycles. The van der Waals surface area contributed by atoms with Crippen molar-refractivity contribution in [3.05, 3.63) is 59.6 Å². The first kappa shape index (κ1) is 20.5. The summed E-state index contributed by atoms with van der Waals surface area (Å²) in [7, 11) is 0. The number of piperidine rings is 2. The molecule has 0 spiro atoms. The van der Waals surface area contributed by atoms with Gasteiger partial charge in [0, 0.05) is 43.8 Å². The Labute approximate surface area is 187 Å². The molecule has 2 fully saturated rings. The Morgan fingerprint density at radius 3 is 2.55 bits per heavy atom. The van der Waals surface area contributed by atoms with Gasteiger partial charge in [0.05, 0.1) is 6.42 Å². The zero-order valence-electron chi connectivity index (χ0n) is 17.8. The van der Waals surface area contributed by atoms with Crippen molar-refractivity contribution in [3.8, 4) is 5.19 Å². The van der Waals surface area contributed by atoms with Crippen molar-refractivity contribution < 1.29 is 9.53 Å². The summed E-state index contributed by atoms with van der Waals surface area (Å²) in [5, 5.41) is 5.14. The van der Waals surface area contributed by atoms with Crippen LogP contribution in [0.1, 0.15) is 31.2 Å². The minimum Gasteiger partial charge on any atom is -0.467 e. The number of rotatable bonds is 5. The molecule has 0 unspecified atom stereocenters. The summed E-state index contributed by atoms with van der Waals surface area (Å²) in [5.74, 6) is 0.255. The standard InChI is InChI=1S/C25H29N3O2S/c29-24(18-20-6-3-5-19-4-1-2-7-23(19)20)28-13-8-21(9-14-28)27-15-10-22(11-16-27)30-25-26-12-17-31-25/h1-7,12,17,21-22H,8-11,13-16,18H2. The summed E-state index contributed by atoms with van der Waals surface area (Å²) in [5.41, 5.74) is 1.13. The molecule has 2 saturated heterocycles. The predicted octanol–water partition coefficient (Wildman–Crippen LogP) is 4.37. The number of aromatic nitrogens is 1. The van der Waals surface area contributed by atoms with E-state index in [0.29, 0.717) is 12.5 Å². The first-order valence-electron chi connectivity index (χ1n) is 11.3. The Balaban J connectivity index is 1.11. The van der Waals surface area contributed by atoms with Gasteiger partial charge in [0.15, 0.2) is 0 Å². The number of amides is 1. The highest BCUT2D eigenvalue weighted by atomic mass is 32.1. The third kappa shape index (κ3) is 4.75. The average Bonchev–Trinajstić information content (AvgIpc) is 3.33. The van der Waals surface area contributed by atoms with Crippen molar-refractivity contribution in [1.82, 2.24) is 14.8 Å². The molecule has 0 radical (unpaired) electrons. The Bertz CT molecular complexity index is 1000. The fourth-order valence-corrected chi connectivity index (χ4v) is 5.52. The summed E-state index contributed by atoms with van der Waals surface area (Å²) in [6.07, 6.45) is 6.82. The second-order valence-electron chi connectivity index (χ2n) is 8.58. The molecule has 0 atom stereocenters. The fraction of sp³-hybridized carbons (Fsp3) is 0.440. The zero-order chi connectivity index (χ0) is 21.0. The third-order valence-corrected chi connectivity index (χ3v) is 7.37. The topological polar surface area (TPSA) is 45.7 Å². The van der Waals surface area contributed by atoms with Gasteiger partial charge in [-0.2, -0.15) is 0 Å². The van der Waals surface area contributed by atoms with Crippen LogP contribution in [0.5, 0.6) is 5.19 Å². The largest absolute Gasteiger partial charge is 0.467 e. The van der Waals surface area contributed by atoms with Crippen LogP contribution in [0.4, 0.5) is 0 Å². The number of likely N-dealkylation sites (tertiary alicyclic amines) is 2. The van der Waals surface area contributed by atoms with Gasteiger partial charge in [-0.15, -0.1) is 0 Å². The number of carbonyl (C=O) groups is 1. The second kappa shape index (κ2) is 9.37. The van der Waals surface area contributed by atoms with E-state index in [9.17, 15) is 4.79 Å². The van der Waals surface area contributed by atoms with E-state index in [1.54, 1.807) is 17.5 Å². The Morgan fingerprint density at radius 1 is 1.00 bits per heavy atom. The van der Waals surface area contributed by atoms with Gasteiger partial charge in [0.1, 0.15) is 6.10 Å². The molecule has 3 heterocycles. The SMILES string of the molecule is O=C(Cc1cccc2ccccc12)N1CCC(N2CCC(Oc3nccs3)CC2)CC1. The van der Waals surface area contributed by atoms with E-state index in [1.165, 1.54) is 10.8 Å². The fourth-order valence-electron chi connectivity index (χ4n) is 4.97. The molecule has 1 amide bonds. The summed E-state index contributed by atoms with van der Waals surface area (Å²) in [4.78, 5) is 21.9. The molecular formula is C25H29N3O2S. The van der Waals surface area contributed by atoms with Crippen LogP contribution in [0.25, 0.3) is 10.8 Å². The van der Waals surface area contributed by atoms with Crippen LogP contribution in [0, 0.1) is 0 Å². The van der Waals surface area contributed by atoms with Gasteiger partial charge in [0.2, 0.25) is 5.91 Å². The minimum absolute atomic E-state index is 0.255. The van der Waals surface area contributed by atoms with Crippen LogP contribution in [0.2, 0.25) is 0 Å². The van der Waals surface area contributed by atoms with Crippen molar-refractivity contribution >= 4 is 28.0 Å². The molecule has 0 saturated carbocycles. The van der Waals surface area contributed by atoms with Crippen molar-refractivity contribution in [2.45, 2.75) is 44.2 Å². The van der Waals surface area contributed by atoms with Crippen LogP contribution in [-0.2, 0) is 11.2 Å². The normalized spacial score (nSPS) is 19.0. The highest BCUT2D eigenvalue weighted by Gasteiger charge is 2.30. The molecule has 0 aliphatic carbocycles. The number of hydrogen-bond acceptors (Lipinski definition) is 5. The van der Waals surface area contributed by atoms with E-state index in [0.717, 1.165) is 62.6 Å². The van der Waals surface area contributed by atoms with Crippen LogP contribution in [-0.4, -0.2) is 59.0 Å². The number of hydrogen-bond donors (Lipinski definition) is 0. The predicted molar refractivity (Wildman–Crippen MR) is 125 cm³/mol. The maximum Gasteiger partial charge on any atom is 0.273 e. The van der Waals surface area contributed by atoms with E-state index in [1.807, 2.05) is 17.5 Å².